The maximum atomic E-state index is 13.9. The van der Waals surface area contributed by atoms with Gasteiger partial charge in [0.25, 0.3) is 5.92 Å². The number of hydrogen-bond donors (Lipinski definition) is 1. The van der Waals surface area contributed by atoms with Gasteiger partial charge in [-0.15, -0.1) is 0 Å². The summed E-state index contributed by atoms with van der Waals surface area (Å²) in [7, 11) is 1.74. The predicted molar refractivity (Wildman–Crippen MR) is 145 cm³/mol. The van der Waals surface area contributed by atoms with Gasteiger partial charge in [-0.05, 0) is 99.2 Å². The minimum atomic E-state index is -2.98. The van der Waals surface area contributed by atoms with Crippen LogP contribution in [0.25, 0.3) is 11.1 Å². The lowest BCUT2D eigenvalue weighted by molar-refractivity contribution is 0.0122. The molecule has 0 unspecified atom stereocenters. The van der Waals surface area contributed by atoms with E-state index in [1.54, 1.807) is 24.0 Å². The van der Waals surface area contributed by atoms with Gasteiger partial charge in [0, 0.05) is 37.8 Å². The summed E-state index contributed by atoms with van der Waals surface area (Å²) in [4.78, 5) is 18.2. The Morgan fingerprint density at radius 3 is 2.26 bits per heavy atom. The molecule has 208 valence electrons. The molecule has 0 spiro atoms. The largest absolute Gasteiger partial charge is 0.491 e. The van der Waals surface area contributed by atoms with Crippen LogP contribution < -0.4 is 9.64 Å². The molecule has 3 aromatic rings. The predicted octanol–water partition coefficient (Wildman–Crippen LogP) is 7.16. The fraction of sp³-hybridized carbons (Fsp3) is 0.500. The van der Waals surface area contributed by atoms with E-state index in [1.807, 2.05) is 50.2 Å². The Balaban J connectivity index is 1.33. The SMILES string of the molecule is CC(C)Oc1ccc(-c2ccnc(N(CC34CCC(c5cc(C(C)(F)F)nn5C)(CC3)CC4)C(=O)O)c2)cc1. The van der Waals surface area contributed by atoms with Crippen molar-refractivity contribution in [2.24, 2.45) is 12.5 Å². The number of carbonyl (C=O) groups is 1. The monoisotopic (exact) mass is 538 g/mol. The van der Waals surface area contributed by atoms with Crippen molar-refractivity contribution in [3.05, 3.63) is 60.0 Å². The molecule has 0 saturated heterocycles. The minimum Gasteiger partial charge on any atom is -0.491 e. The third-order valence-corrected chi connectivity index (χ3v) is 8.58. The highest BCUT2D eigenvalue weighted by Crippen LogP contribution is 2.58. The molecular weight excluding hydrogens is 502 g/mol. The Kier molecular flexibility index (Phi) is 6.89. The molecule has 1 aromatic carbocycles. The van der Waals surface area contributed by atoms with Gasteiger partial charge in [-0.3, -0.25) is 9.58 Å². The van der Waals surface area contributed by atoms with Gasteiger partial charge in [0.1, 0.15) is 17.3 Å². The van der Waals surface area contributed by atoms with Crippen LogP contribution in [0.5, 0.6) is 5.75 Å². The molecule has 0 aliphatic heterocycles. The zero-order valence-electron chi connectivity index (χ0n) is 23.0. The van der Waals surface area contributed by atoms with Crippen molar-refractivity contribution < 1.29 is 23.4 Å². The number of ether oxygens (including phenoxy) is 1. The first-order valence-electron chi connectivity index (χ1n) is 13.6. The second-order valence-corrected chi connectivity index (χ2v) is 11.7. The van der Waals surface area contributed by atoms with Gasteiger partial charge in [-0.2, -0.15) is 13.9 Å². The summed E-state index contributed by atoms with van der Waals surface area (Å²) >= 11 is 0. The average molecular weight is 539 g/mol. The fourth-order valence-corrected chi connectivity index (χ4v) is 6.39. The normalized spacial score (nSPS) is 22.7. The van der Waals surface area contributed by atoms with Crippen LogP contribution in [-0.2, 0) is 18.4 Å². The summed E-state index contributed by atoms with van der Waals surface area (Å²) < 4.78 is 35.2. The summed E-state index contributed by atoms with van der Waals surface area (Å²) in [5.74, 6) is -1.79. The summed E-state index contributed by atoms with van der Waals surface area (Å²) in [6.07, 6.45) is 5.67. The number of fused-ring (bicyclic) bond motifs is 3. The topological polar surface area (TPSA) is 80.5 Å². The number of carboxylic acid groups (broad SMARTS) is 1. The average Bonchev–Trinajstić information content (AvgIpc) is 3.32. The molecule has 3 aliphatic rings. The number of aromatic nitrogens is 3. The molecule has 2 bridgehead atoms. The molecular formula is C30H36F2N4O3. The van der Waals surface area contributed by atoms with Gasteiger partial charge < -0.3 is 9.84 Å². The van der Waals surface area contributed by atoms with Crippen LogP contribution in [0.1, 0.15) is 70.7 Å². The Hall–Kier alpha value is -3.49. The zero-order chi connectivity index (χ0) is 28.0. The fourth-order valence-electron chi connectivity index (χ4n) is 6.39. The highest BCUT2D eigenvalue weighted by molar-refractivity contribution is 5.86. The molecule has 2 aromatic heterocycles. The van der Waals surface area contributed by atoms with E-state index in [0.717, 1.165) is 68.0 Å². The minimum absolute atomic E-state index is 0.0827. The highest BCUT2D eigenvalue weighted by atomic mass is 19.3. The van der Waals surface area contributed by atoms with Gasteiger partial charge in [0.2, 0.25) is 0 Å². The first-order chi connectivity index (χ1) is 18.4. The maximum Gasteiger partial charge on any atom is 0.413 e. The summed E-state index contributed by atoms with van der Waals surface area (Å²) in [6, 6.07) is 13.0. The van der Waals surface area contributed by atoms with Crippen LogP contribution in [0.4, 0.5) is 19.4 Å². The first-order valence-corrected chi connectivity index (χ1v) is 13.6. The standard InChI is InChI=1S/C30H36F2N4O3/c1-20(2)39-23-7-5-21(6-8-23)22-9-16-33-26(17-22)36(27(37)38)19-29-10-13-30(14-11-29,15-12-29)25-18-24(28(3,31)32)34-35(25)4/h5-9,16-18,20H,10-15,19H2,1-4H3,(H,37,38). The van der Waals surface area contributed by atoms with Crippen molar-refractivity contribution in [2.75, 3.05) is 11.4 Å². The van der Waals surface area contributed by atoms with Crippen LogP contribution in [0.3, 0.4) is 0 Å². The molecule has 3 saturated carbocycles. The second-order valence-electron chi connectivity index (χ2n) is 11.7. The number of hydrogen-bond acceptors (Lipinski definition) is 4. The van der Waals surface area contributed by atoms with Crippen LogP contribution in [0.2, 0.25) is 0 Å². The Morgan fingerprint density at radius 1 is 1.08 bits per heavy atom. The van der Waals surface area contributed by atoms with Crippen molar-refractivity contribution in [1.29, 1.82) is 0 Å². The van der Waals surface area contributed by atoms with Gasteiger partial charge in [0.05, 0.1) is 6.10 Å². The molecule has 39 heavy (non-hydrogen) atoms. The third-order valence-electron chi connectivity index (χ3n) is 8.58. The summed E-state index contributed by atoms with van der Waals surface area (Å²) in [5, 5.41) is 14.3. The van der Waals surface area contributed by atoms with E-state index in [-0.39, 0.29) is 22.6 Å². The van der Waals surface area contributed by atoms with E-state index in [0.29, 0.717) is 12.4 Å². The van der Waals surface area contributed by atoms with Crippen LogP contribution in [-0.4, -0.2) is 38.6 Å². The molecule has 7 nitrogen and oxygen atoms in total. The lowest BCUT2D eigenvalue weighted by Gasteiger charge is -2.54. The van der Waals surface area contributed by atoms with E-state index in [2.05, 4.69) is 10.1 Å². The Bertz CT molecular complexity index is 1320. The first kappa shape index (κ1) is 27.1. The third kappa shape index (κ3) is 5.36. The molecule has 3 aliphatic carbocycles. The molecule has 1 N–H and O–H groups in total. The lowest BCUT2D eigenvalue weighted by atomic mass is 9.52. The Morgan fingerprint density at radius 2 is 1.72 bits per heavy atom. The number of halogens is 2. The smallest absolute Gasteiger partial charge is 0.413 e. The molecule has 9 heteroatoms. The van der Waals surface area contributed by atoms with Gasteiger partial charge in [0.15, 0.2) is 0 Å². The number of amides is 1. The number of aryl methyl sites for hydroxylation is 1. The number of alkyl halides is 2. The number of anilines is 1. The Labute approximate surface area is 227 Å². The van der Waals surface area contributed by atoms with Crippen LogP contribution >= 0.6 is 0 Å². The maximum absolute atomic E-state index is 13.9. The van der Waals surface area contributed by atoms with Crippen LogP contribution in [0.15, 0.2) is 48.7 Å². The van der Waals surface area contributed by atoms with E-state index < -0.39 is 12.0 Å². The van der Waals surface area contributed by atoms with E-state index >= 15 is 0 Å². The lowest BCUT2D eigenvalue weighted by Crippen LogP contribution is -2.51. The van der Waals surface area contributed by atoms with E-state index in [4.69, 9.17) is 4.74 Å². The van der Waals surface area contributed by atoms with Crippen molar-refractivity contribution in [2.45, 2.75) is 76.7 Å². The molecule has 0 atom stereocenters. The highest BCUT2D eigenvalue weighted by Gasteiger charge is 2.52. The van der Waals surface area contributed by atoms with Crippen molar-refractivity contribution >= 4 is 11.9 Å². The molecule has 0 radical (unpaired) electrons. The van der Waals surface area contributed by atoms with Gasteiger partial charge >= 0.3 is 6.09 Å². The van der Waals surface area contributed by atoms with Crippen LogP contribution in [0, 0.1) is 5.41 Å². The van der Waals surface area contributed by atoms with Gasteiger partial charge in [-0.25, -0.2) is 9.78 Å². The molecule has 3 fully saturated rings. The quantitative estimate of drug-likeness (QED) is 0.329. The molecule has 1 amide bonds. The number of benzene rings is 1. The van der Waals surface area contributed by atoms with E-state index in [1.165, 1.54) is 4.90 Å². The zero-order valence-corrected chi connectivity index (χ0v) is 23.0. The number of pyridine rings is 1. The molecule has 6 rings (SSSR count). The van der Waals surface area contributed by atoms with E-state index in [9.17, 15) is 18.7 Å². The molecule has 2 heterocycles. The van der Waals surface area contributed by atoms with Crippen molar-refractivity contribution in [3.63, 3.8) is 0 Å². The second kappa shape index (κ2) is 9.92. The van der Waals surface area contributed by atoms with Crippen molar-refractivity contribution in [3.8, 4) is 16.9 Å². The van der Waals surface area contributed by atoms with Crippen molar-refractivity contribution in [1.82, 2.24) is 14.8 Å². The number of nitrogens with zero attached hydrogens (tertiary/aromatic N) is 4. The summed E-state index contributed by atoms with van der Waals surface area (Å²) in [6.45, 7) is 5.19. The number of rotatable bonds is 8. The van der Waals surface area contributed by atoms with Gasteiger partial charge in [-0.1, -0.05) is 12.1 Å². The summed E-state index contributed by atoms with van der Waals surface area (Å²) in [5.41, 5.74) is 2.15.